The Balaban J connectivity index is 1.66. The van der Waals surface area contributed by atoms with Crippen LogP contribution in [-0.2, 0) is 14.3 Å². The number of esters is 2. The lowest BCUT2D eigenvalue weighted by atomic mass is 9.96. The molecular weight excluding hydrogens is 504 g/mol. The molecule has 0 unspecified atom stereocenters. The van der Waals surface area contributed by atoms with Crippen LogP contribution in [-0.4, -0.2) is 29.2 Å². The highest BCUT2D eigenvalue weighted by molar-refractivity contribution is 7.07. The van der Waals surface area contributed by atoms with Crippen molar-refractivity contribution in [2.45, 2.75) is 39.8 Å². The zero-order valence-corrected chi connectivity index (χ0v) is 22.2. The van der Waals surface area contributed by atoms with Crippen LogP contribution in [0.15, 0.2) is 75.2 Å². The van der Waals surface area contributed by atoms with E-state index in [1.54, 1.807) is 38.1 Å². The fourth-order valence-electron chi connectivity index (χ4n) is 4.56. The van der Waals surface area contributed by atoms with Gasteiger partial charge in [0.05, 0.1) is 28.5 Å². The monoisotopic (exact) mass is 530 g/mol. The first kappa shape index (κ1) is 25.4. The van der Waals surface area contributed by atoms with Gasteiger partial charge in [0, 0.05) is 12.5 Å². The predicted octanol–water partition coefficient (Wildman–Crippen LogP) is 3.54. The van der Waals surface area contributed by atoms with Crippen LogP contribution in [0.1, 0.15) is 44.9 Å². The Kier molecular flexibility index (Phi) is 6.86. The number of benzene rings is 2. The molecule has 1 aromatic heterocycles. The number of ether oxygens (including phenoxy) is 3. The topological polar surface area (TPSA) is 96.2 Å². The Morgan fingerprint density at radius 3 is 2.61 bits per heavy atom. The van der Waals surface area contributed by atoms with Gasteiger partial charge < -0.3 is 14.2 Å². The van der Waals surface area contributed by atoms with Crippen LogP contribution in [0, 0.1) is 0 Å². The highest BCUT2D eigenvalue weighted by atomic mass is 32.1. The number of hydrogen-bond donors (Lipinski definition) is 0. The maximum Gasteiger partial charge on any atom is 0.338 e. The van der Waals surface area contributed by atoms with Crippen molar-refractivity contribution in [1.29, 1.82) is 0 Å². The molecule has 3 heterocycles. The smallest absolute Gasteiger partial charge is 0.338 e. The first-order chi connectivity index (χ1) is 18.3. The van der Waals surface area contributed by atoms with Gasteiger partial charge >= 0.3 is 11.9 Å². The lowest BCUT2D eigenvalue weighted by Crippen LogP contribution is -2.40. The summed E-state index contributed by atoms with van der Waals surface area (Å²) < 4.78 is 18.5. The van der Waals surface area contributed by atoms with E-state index in [1.165, 1.54) is 22.8 Å². The molecule has 194 valence electrons. The van der Waals surface area contributed by atoms with E-state index in [4.69, 9.17) is 14.2 Å². The summed E-state index contributed by atoms with van der Waals surface area (Å²) in [6.07, 6.45) is 3.60. The van der Waals surface area contributed by atoms with E-state index in [0.717, 1.165) is 16.9 Å². The average Bonchev–Trinajstić information content (AvgIpc) is 3.18. The van der Waals surface area contributed by atoms with Crippen molar-refractivity contribution in [2.75, 3.05) is 6.61 Å². The number of fused-ring (bicyclic) bond motifs is 2. The van der Waals surface area contributed by atoms with Crippen molar-refractivity contribution in [1.82, 2.24) is 4.57 Å². The lowest BCUT2D eigenvalue weighted by Gasteiger charge is -2.24. The molecule has 9 heteroatoms. The Morgan fingerprint density at radius 1 is 1.16 bits per heavy atom. The lowest BCUT2D eigenvalue weighted by molar-refractivity contribution is -0.139. The largest absolute Gasteiger partial charge is 0.485 e. The third-order valence-corrected chi connectivity index (χ3v) is 7.27. The number of carbonyl (C=O) groups excluding carboxylic acids is 2. The van der Waals surface area contributed by atoms with Crippen LogP contribution in [0.3, 0.4) is 0 Å². The molecule has 0 N–H and O–H groups in total. The molecule has 0 radical (unpaired) electrons. The number of carbonyl (C=O) groups is 2. The van der Waals surface area contributed by atoms with Gasteiger partial charge in [-0.15, -0.1) is 0 Å². The summed E-state index contributed by atoms with van der Waals surface area (Å²) in [5, 5.41) is 0. The van der Waals surface area contributed by atoms with Crippen LogP contribution in [0.4, 0.5) is 0 Å². The maximum absolute atomic E-state index is 13.8. The van der Waals surface area contributed by atoms with E-state index in [0.29, 0.717) is 26.3 Å². The SMILES string of the molecule is CCOC(=O)C1=C(C)N=c2s/c(=C/C3=Cc4ccccc4O[C@@H]3C)c(=O)n2[C@@H]1c1ccc(OC(C)=O)cc1. The molecule has 2 atom stereocenters. The van der Waals surface area contributed by atoms with Gasteiger partial charge in [-0.1, -0.05) is 41.7 Å². The summed E-state index contributed by atoms with van der Waals surface area (Å²) in [6.45, 7) is 6.91. The van der Waals surface area contributed by atoms with Crippen molar-refractivity contribution in [2.24, 2.45) is 4.99 Å². The van der Waals surface area contributed by atoms with Gasteiger partial charge in [0.15, 0.2) is 4.80 Å². The Labute approximate surface area is 222 Å². The molecule has 2 aliphatic heterocycles. The predicted molar refractivity (Wildman–Crippen MR) is 144 cm³/mol. The number of nitrogens with zero attached hydrogens (tertiary/aromatic N) is 2. The van der Waals surface area contributed by atoms with Crippen molar-refractivity contribution >= 4 is 35.4 Å². The number of thiazole rings is 1. The normalized spacial score (nSPS) is 18.5. The minimum absolute atomic E-state index is 0.186. The zero-order valence-electron chi connectivity index (χ0n) is 21.4. The molecular formula is C29H26N2O6S. The first-order valence-electron chi connectivity index (χ1n) is 12.2. The van der Waals surface area contributed by atoms with Gasteiger partial charge in [0.25, 0.3) is 5.56 Å². The maximum atomic E-state index is 13.8. The number of hydrogen-bond acceptors (Lipinski definition) is 8. The number of para-hydroxylation sites is 1. The summed E-state index contributed by atoms with van der Waals surface area (Å²) in [4.78, 5) is 43.3. The van der Waals surface area contributed by atoms with Crippen LogP contribution in [0.5, 0.6) is 11.5 Å². The van der Waals surface area contributed by atoms with E-state index in [-0.39, 0.29) is 23.8 Å². The Bertz CT molecular complexity index is 1680. The molecule has 0 amide bonds. The minimum atomic E-state index is -0.756. The summed E-state index contributed by atoms with van der Waals surface area (Å²) in [5.74, 6) is 0.188. The van der Waals surface area contributed by atoms with E-state index in [2.05, 4.69) is 4.99 Å². The Morgan fingerprint density at radius 2 is 1.89 bits per heavy atom. The fourth-order valence-corrected chi connectivity index (χ4v) is 5.61. The third-order valence-electron chi connectivity index (χ3n) is 6.29. The first-order valence-corrected chi connectivity index (χ1v) is 13.0. The number of allylic oxidation sites excluding steroid dienone is 1. The summed E-state index contributed by atoms with van der Waals surface area (Å²) in [6, 6.07) is 13.7. The van der Waals surface area contributed by atoms with E-state index < -0.39 is 18.0 Å². The molecule has 5 rings (SSSR count). The average molecular weight is 531 g/mol. The van der Waals surface area contributed by atoms with Gasteiger partial charge in [0.1, 0.15) is 17.6 Å². The number of rotatable bonds is 5. The Hall–Kier alpha value is -4.24. The third kappa shape index (κ3) is 4.72. The van der Waals surface area contributed by atoms with Gasteiger partial charge in [-0.3, -0.25) is 14.2 Å². The summed E-state index contributed by atoms with van der Waals surface area (Å²) in [5.41, 5.74) is 2.95. The summed E-state index contributed by atoms with van der Waals surface area (Å²) in [7, 11) is 0. The van der Waals surface area contributed by atoms with Crippen LogP contribution in [0.2, 0.25) is 0 Å². The molecule has 2 aromatic carbocycles. The molecule has 38 heavy (non-hydrogen) atoms. The summed E-state index contributed by atoms with van der Waals surface area (Å²) >= 11 is 1.26. The molecule has 0 saturated heterocycles. The molecule has 0 spiro atoms. The molecule has 8 nitrogen and oxygen atoms in total. The van der Waals surface area contributed by atoms with Gasteiger partial charge in [-0.25, -0.2) is 9.79 Å². The van der Waals surface area contributed by atoms with Crippen molar-refractivity contribution < 1.29 is 23.8 Å². The highest BCUT2D eigenvalue weighted by Gasteiger charge is 2.33. The fraction of sp³-hybridized carbons (Fsp3) is 0.241. The van der Waals surface area contributed by atoms with Crippen LogP contribution in [0.25, 0.3) is 12.2 Å². The van der Waals surface area contributed by atoms with Crippen LogP contribution < -0.4 is 24.4 Å². The van der Waals surface area contributed by atoms with E-state index >= 15 is 0 Å². The molecule has 0 aliphatic carbocycles. The van der Waals surface area contributed by atoms with Gasteiger partial charge in [-0.2, -0.15) is 0 Å². The second kappa shape index (κ2) is 10.3. The zero-order chi connectivity index (χ0) is 27.0. The highest BCUT2D eigenvalue weighted by Crippen LogP contribution is 2.32. The molecule has 0 fully saturated rings. The quantitative estimate of drug-likeness (QED) is 0.370. The molecule has 3 aromatic rings. The standard InChI is InChI=1S/C29H26N2O6S/c1-5-35-28(34)25-16(2)30-29-31(26(25)19-10-12-22(13-11-19)37-18(4)32)27(33)24(38-29)15-21-14-20-8-6-7-9-23(20)36-17(21)3/h6-15,17,26H,5H2,1-4H3/b24-15+/t17-,26-/m1/s1. The second-order valence-electron chi connectivity index (χ2n) is 8.91. The molecule has 0 saturated carbocycles. The van der Waals surface area contributed by atoms with Crippen molar-refractivity contribution in [3.05, 3.63) is 96.2 Å². The van der Waals surface area contributed by atoms with E-state index in [9.17, 15) is 14.4 Å². The van der Waals surface area contributed by atoms with Crippen LogP contribution >= 0.6 is 11.3 Å². The van der Waals surface area contributed by atoms with Crippen molar-refractivity contribution in [3.63, 3.8) is 0 Å². The molecule has 2 aliphatic rings. The molecule has 0 bridgehead atoms. The second-order valence-corrected chi connectivity index (χ2v) is 9.92. The minimum Gasteiger partial charge on any atom is -0.485 e. The van der Waals surface area contributed by atoms with E-state index in [1.807, 2.05) is 43.3 Å². The van der Waals surface area contributed by atoms with Crippen molar-refractivity contribution in [3.8, 4) is 11.5 Å². The van der Waals surface area contributed by atoms with Gasteiger partial charge in [0.2, 0.25) is 0 Å². The van der Waals surface area contributed by atoms with Gasteiger partial charge in [-0.05, 0) is 62.3 Å². The number of aromatic nitrogens is 1.